The maximum atomic E-state index is 5.44. The minimum Gasteiger partial charge on any atom is -0.378 e. The molecule has 1 fully saturated rings. The second-order valence-corrected chi connectivity index (χ2v) is 5.01. The molecule has 1 aliphatic heterocycles. The normalized spacial score (nSPS) is 16.1. The molecule has 3 heterocycles. The number of morpholine rings is 1. The van der Waals surface area contributed by atoms with Crippen LogP contribution in [-0.2, 0) is 17.7 Å². The molecule has 3 rings (SSSR count). The number of aryl methyl sites for hydroxylation is 3. The maximum absolute atomic E-state index is 5.44. The average Bonchev–Trinajstić information content (AvgIpc) is 2.84. The molecule has 0 saturated carbocycles. The first-order chi connectivity index (χ1) is 9.74. The molecule has 0 aliphatic carbocycles. The van der Waals surface area contributed by atoms with Gasteiger partial charge in [-0.1, -0.05) is 6.92 Å². The fraction of sp³-hybridized carbons (Fsp3) is 0.643. The molecule has 108 valence electrons. The quantitative estimate of drug-likeness (QED) is 0.850. The van der Waals surface area contributed by atoms with Gasteiger partial charge in [0.1, 0.15) is 16.9 Å². The summed E-state index contributed by atoms with van der Waals surface area (Å²) >= 11 is 0. The summed E-state index contributed by atoms with van der Waals surface area (Å²) in [7, 11) is 0. The maximum Gasteiger partial charge on any atom is 0.158 e. The standard InChI is InChI=1S/C14H21N5O/c1-4-11-15-12-10(3)17-19(5-2)13(12)14(16-11)18-6-8-20-9-7-18/h4-9H2,1-3H3. The summed E-state index contributed by atoms with van der Waals surface area (Å²) in [6, 6.07) is 0. The molecule has 0 amide bonds. The zero-order valence-electron chi connectivity index (χ0n) is 12.4. The topological polar surface area (TPSA) is 56.1 Å². The summed E-state index contributed by atoms with van der Waals surface area (Å²) < 4.78 is 7.45. The highest BCUT2D eigenvalue weighted by molar-refractivity contribution is 5.88. The van der Waals surface area contributed by atoms with Gasteiger partial charge in [0.2, 0.25) is 0 Å². The van der Waals surface area contributed by atoms with Gasteiger partial charge < -0.3 is 9.64 Å². The number of rotatable bonds is 3. The van der Waals surface area contributed by atoms with Gasteiger partial charge in [0.05, 0.1) is 18.9 Å². The summed E-state index contributed by atoms with van der Waals surface area (Å²) in [4.78, 5) is 11.7. The highest BCUT2D eigenvalue weighted by atomic mass is 16.5. The SMILES string of the molecule is CCc1nc(N2CCOCC2)c2c(n1)c(C)nn2CC. The van der Waals surface area contributed by atoms with Gasteiger partial charge in [-0.25, -0.2) is 9.97 Å². The number of hydrogen-bond acceptors (Lipinski definition) is 5. The minimum atomic E-state index is 0.756. The molecule has 0 unspecified atom stereocenters. The van der Waals surface area contributed by atoms with Gasteiger partial charge in [-0.05, 0) is 13.8 Å². The Kier molecular flexibility index (Phi) is 3.56. The fourth-order valence-electron chi connectivity index (χ4n) is 2.64. The molecule has 6 heteroatoms. The van der Waals surface area contributed by atoms with E-state index in [0.29, 0.717) is 0 Å². The lowest BCUT2D eigenvalue weighted by molar-refractivity contribution is 0.122. The van der Waals surface area contributed by atoms with Crippen molar-refractivity contribution in [3.63, 3.8) is 0 Å². The van der Waals surface area contributed by atoms with Crippen LogP contribution in [0.3, 0.4) is 0 Å². The Labute approximate surface area is 118 Å². The minimum absolute atomic E-state index is 0.756. The first-order valence-electron chi connectivity index (χ1n) is 7.31. The Morgan fingerprint density at radius 1 is 1.15 bits per heavy atom. The van der Waals surface area contributed by atoms with Crippen molar-refractivity contribution in [2.45, 2.75) is 33.7 Å². The van der Waals surface area contributed by atoms with E-state index in [1.54, 1.807) is 0 Å². The van der Waals surface area contributed by atoms with E-state index >= 15 is 0 Å². The number of nitrogens with zero attached hydrogens (tertiary/aromatic N) is 5. The number of aromatic nitrogens is 4. The smallest absolute Gasteiger partial charge is 0.158 e. The van der Waals surface area contributed by atoms with Crippen LogP contribution in [0.1, 0.15) is 25.4 Å². The monoisotopic (exact) mass is 275 g/mol. The van der Waals surface area contributed by atoms with Crippen LogP contribution in [0, 0.1) is 6.92 Å². The van der Waals surface area contributed by atoms with Crippen molar-refractivity contribution < 1.29 is 4.74 Å². The van der Waals surface area contributed by atoms with Gasteiger partial charge >= 0.3 is 0 Å². The van der Waals surface area contributed by atoms with E-state index in [1.165, 1.54) is 0 Å². The molecule has 20 heavy (non-hydrogen) atoms. The number of ether oxygens (including phenoxy) is 1. The molecule has 2 aromatic rings. The van der Waals surface area contributed by atoms with E-state index < -0.39 is 0 Å². The predicted octanol–water partition coefficient (Wildman–Crippen LogP) is 1.55. The summed E-state index contributed by atoms with van der Waals surface area (Å²) in [5.41, 5.74) is 3.03. The molecule has 1 saturated heterocycles. The Balaban J connectivity index is 2.21. The first-order valence-corrected chi connectivity index (χ1v) is 7.31. The lowest BCUT2D eigenvalue weighted by Crippen LogP contribution is -2.37. The van der Waals surface area contributed by atoms with Gasteiger partial charge in [-0.2, -0.15) is 5.10 Å². The summed E-state index contributed by atoms with van der Waals surface area (Å²) in [5.74, 6) is 1.90. The van der Waals surface area contributed by atoms with Crippen molar-refractivity contribution in [3.05, 3.63) is 11.5 Å². The van der Waals surface area contributed by atoms with Crippen LogP contribution < -0.4 is 4.90 Å². The van der Waals surface area contributed by atoms with E-state index in [-0.39, 0.29) is 0 Å². The third-order valence-corrected chi connectivity index (χ3v) is 3.71. The second kappa shape index (κ2) is 5.36. The Hall–Kier alpha value is -1.69. The Morgan fingerprint density at radius 3 is 2.55 bits per heavy atom. The van der Waals surface area contributed by atoms with Crippen molar-refractivity contribution in [2.24, 2.45) is 0 Å². The molecule has 6 nitrogen and oxygen atoms in total. The third-order valence-electron chi connectivity index (χ3n) is 3.71. The van der Waals surface area contributed by atoms with Crippen molar-refractivity contribution in [1.29, 1.82) is 0 Å². The Bertz CT molecular complexity index is 616. The van der Waals surface area contributed by atoms with Gasteiger partial charge in [0, 0.05) is 26.1 Å². The Morgan fingerprint density at radius 2 is 1.90 bits per heavy atom. The van der Waals surface area contributed by atoms with Crippen molar-refractivity contribution in [3.8, 4) is 0 Å². The van der Waals surface area contributed by atoms with Crippen molar-refractivity contribution >= 4 is 16.9 Å². The largest absolute Gasteiger partial charge is 0.378 e. The summed E-state index contributed by atoms with van der Waals surface area (Å²) in [6.07, 6.45) is 0.837. The summed E-state index contributed by atoms with van der Waals surface area (Å²) in [5, 5.41) is 4.60. The lowest BCUT2D eigenvalue weighted by atomic mass is 10.3. The highest BCUT2D eigenvalue weighted by Gasteiger charge is 2.21. The molecule has 2 aromatic heterocycles. The van der Waals surface area contributed by atoms with Crippen LogP contribution >= 0.6 is 0 Å². The average molecular weight is 275 g/mol. The molecule has 0 aromatic carbocycles. The van der Waals surface area contributed by atoms with Gasteiger partial charge in [0.25, 0.3) is 0 Å². The zero-order valence-corrected chi connectivity index (χ0v) is 12.4. The molecule has 0 radical (unpaired) electrons. The molecular formula is C14H21N5O. The molecule has 1 aliphatic rings. The van der Waals surface area contributed by atoms with E-state index in [0.717, 1.165) is 67.6 Å². The van der Waals surface area contributed by atoms with Crippen LogP contribution in [0.15, 0.2) is 0 Å². The summed E-state index contributed by atoms with van der Waals surface area (Å²) in [6.45, 7) is 10.3. The molecular weight excluding hydrogens is 254 g/mol. The predicted molar refractivity (Wildman–Crippen MR) is 78.1 cm³/mol. The van der Waals surface area contributed by atoms with Crippen LogP contribution in [0.2, 0.25) is 0 Å². The zero-order chi connectivity index (χ0) is 14.1. The third kappa shape index (κ3) is 2.14. The number of hydrogen-bond donors (Lipinski definition) is 0. The van der Waals surface area contributed by atoms with Crippen LogP contribution in [-0.4, -0.2) is 46.1 Å². The molecule has 0 atom stereocenters. The van der Waals surface area contributed by atoms with E-state index in [2.05, 4.69) is 28.8 Å². The lowest BCUT2D eigenvalue weighted by Gasteiger charge is -2.28. The second-order valence-electron chi connectivity index (χ2n) is 5.01. The number of fused-ring (bicyclic) bond motifs is 1. The van der Waals surface area contributed by atoms with Gasteiger partial charge in [-0.3, -0.25) is 4.68 Å². The molecule has 0 bridgehead atoms. The van der Waals surface area contributed by atoms with Crippen molar-refractivity contribution in [1.82, 2.24) is 19.7 Å². The molecule has 0 spiro atoms. The first kappa shape index (κ1) is 13.3. The van der Waals surface area contributed by atoms with Crippen LogP contribution in [0.25, 0.3) is 11.0 Å². The van der Waals surface area contributed by atoms with E-state index in [4.69, 9.17) is 9.72 Å². The molecule has 0 N–H and O–H groups in total. The van der Waals surface area contributed by atoms with Crippen LogP contribution in [0.4, 0.5) is 5.82 Å². The van der Waals surface area contributed by atoms with Gasteiger partial charge in [-0.15, -0.1) is 0 Å². The van der Waals surface area contributed by atoms with E-state index in [9.17, 15) is 0 Å². The van der Waals surface area contributed by atoms with Crippen molar-refractivity contribution in [2.75, 3.05) is 31.2 Å². The highest BCUT2D eigenvalue weighted by Crippen LogP contribution is 2.27. The van der Waals surface area contributed by atoms with E-state index in [1.807, 2.05) is 11.6 Å². The van der Waals surface area contributed by atoms with Gasteiger partial charge in [0.15, 0.2) is 5.82 Å². The fourth-order valence-corrected chi connectivity index (χ4v) is 2.64. The number of anilines is 1. The van der Waals surface area contributed by atoms with Crippen LogP contribution in [0.5, 0.6) is 0 Å².